The van der Waals surface area contributed by atoms with Crippen molar-refractivity contribution in [2.75, 3.05) is 25.3 Å². The molecule has 0 atom stereocenters. The lowest BCUT2D eigenvalue weighted by Crippen LogP contribution is -2.13. The highest BCUT2D eigenvalue weighted by Gasteiger charge is 2.12. The lowest BCUT2D eigenvalue weighted by atomic mass is 10.1. The molecule has 0 aliphatic rings. The first kappa shape index (κ1) is 19.6. The van der Waals surface area contributed by atoms with Crippen LogP contribution in [0.1, 0.15) is 15.9 Å². The number of rotatable bonds is 7. The van der Waals surface area contributed by atoms with Crippen LogP contribution in [0.2, 0.25) is 0 Å². The monoisotopic (exact) mass is 395 g/mol. The van der Waals surface area contributed by atoms with E-state index in [-0.39, 0.29) is 5.91 Å². The second-order valence-electron chi connectivity index (χ2n) is 5.91. The summed E-state index contributed by atoms with van der Waals surface area (Å²) in [7, 11) is 3.10. The smallest absolute Gasteiger partial charge is 0.255 e. The molecule has 0 saturated carbocycles. The summed E-state index contributed by atoms with van der Waals surface area (Å²) >= 11 is 1.59. The van der Waals surface area contributed by atoms with Crippen molar-refractivity contribution in [2.24, 2.45) is 0 Å². The Morgan fingerprint density at radius 1 is 1.11 bits per heavy atom. The maximum Gasteiger partial charge on any atom is 0.255 e. The Hall–Kier alpha value is -3.19. The van der Waals surface area contributed by atoms with E-state index in [1.165, 1.54) is 0 Å². The maximum absolute atomic E-state index is 12.8. The topological polar surface area (TPSA) is 86.5 Å². The van der Waals surface area contributed by atoms with E-state index in [1.807, 2.05) is 30.3 Å². The number of para-hydroxylation sites is 1. The number of hydrogen-bond acceptors (Lipinski definition) is 6. The molecule has 2 aromatic carbocycles. The fourth-order valence-electron chi connectivity index (χ4n) is 2.58. The highest BCUT2D eigenvalue weighted by Crippen LogP contribution is 2.30. The van der Waals surface area contributed by atoms with Gasteiger partial charge in [-0.25, -0.2) is 0 Å². The number of benzene rings is 2. The molecular formula is C21H21N3O3S. The predicted octanol–water partition coefficient (Wildman–Crippen LogP) is 4.23. The Bertz CT molecular complexity index is 956. The third kappa shape index (κ3) is 4.75. The minimum Gasteiger partial charge on any atom is -0.497 e. The van der Waals surface area contributed by atoms with Crippen LogP contribution in [0.15, 0.2) is 65.8 Å². The van der Waals surface area contributed by atoms with E-state index in [9.17, 15) is 4.79 Å². The average Bonchev–Trinajstić information content (AvgIpc) is 2.73. The highest BCUT2D eigenvalue weighted by molar-refractivity contribution is 7.98. The van der Waals surface area contributed by atoms with Crippen molar-refractivity contribution in [3.05, 3.63) is 72.1 Å². The van der Waals surface area contributed by atoms with Crippen LogP contribution in [0.5, 0.6) is 11.5 Å². The minimum atomic E-state index is -0.238. The zero-order valence-corrected chi connectivity index (χ0v) is 16.5. The lowest BCUT2D eigenvalue weighted by Gasteiger charge is -2.13. The van der Waals surface area contributed by atoms with Gasteiger partial charge in [0.15, 0.2) is 0 Å². The molecule has 0 saturated heterocycles. The van der Waals surface area contributed by atoms with Crippen molar-refractivity contribution in [3.63, 3.8) is 0 Å². The summed E-state index contributed by atoms with van der Waals surface area (Å²) in [5.41, 5.74) is 8.79. The van der Waals surface area contributed by atoms with Crippen LogP contribution >= 0.6 is 11.8 Å². The number of nitrogen functional groups attached to an aromatic ring is 1. The Kier molecular flexibility index (Phi) is 6.39. The van der Waals surface area contributed by atoms with Crippen molar-refractivity contribution >= 4 is 29.0 Å². The van der Waals surface area contributed by atoms with E-state index in [2.05, 4.69) is 10.3 Å². The molecule has 0 spiro atoms. The van der Waals surface area contributed by atoms with E-state index in [0.29, 0.717) is 28.5 Å². The summed E-state index contributed by atoms with van der Waals surface area (Å²) in [5.74, 6) is 1.53. The Morgan fingerprint density at radius 3 is 2.50 bits per heavy atom. The molecule has 144 valence electrons. The molecule has 0 radical (unpaired) electrons. The molecule has 1 amide bonds. The minimum absolute atomic E-state index is 0.238. The molecule has 3 aromatic rings. The number of carbonyl (C=O) groups excluding carboxylic acids is 1. The maximum atomic E-state index is 12.8. The first-order chi connectivity index (χ1) is 13.6. The van der Waals surface area contributed by atoms with Crippen molar-refractivity contribution < 1.29 is 14.3 Å². The van der Waals surface area contributed by atoms with E-state index >= 15 is 0 Å². The number of carbonyl (C=O) groups is 1. The summed E-state index contributed by atoms with van der Waals surface area (Å²) in [6.45, 7) is 0. The van der Waals surface area contributed by atoms with Gasteiger partial charge in [-0.1, -0.05) is 18.2 Å². The molecule has 3 rings (SSSR count). The van der Waals surface area contributed by atoms with Gasteiger partial charge in [-0.15, -0.1) is 11.8 Å². The fraction of sp³-hybridized carbons (Fsp3) is 0.143. The Morgan fingerprint density at radius 2 is 1.82 bits per heavy atom. The number of amides is 1. The third-order valence-electron chi connectivity index (χ3n) is 4.07. The number of nitrogens with two attached hydrogens (primary N) is 1. The van der Waals surface area contributed by atoms with Gasteiger partial charge < -0.3 is 20.5 Å². The third-order valence-corrected chi connectivity index (χ3v) is 5.21. The molecule has 0 aliphatic heterocycles. The standard InChI is InChI=1S/C21H21N3O3S/c1-26-16-9-15(10-17(11-16)27-2)21(25)24-19-6-4-3-5-14(19)13-28-20-7-8-23-12-18(20)22/h3-12H,13,22H2,1-2H3,(H,24,25). The summed E-state index contributed by atoms with van der Waals surface area (Å²) in [5, 5.41) is 2.97. The lowest BCUT2D eigenvalue weighted by molar-refractivity contribution is 0.102. The summed E-state index contributed by atoms with van der Waals surface area (Å²) in [4.78, 5) is 17.7. The average molecular weight is 395 g/mol. The zero-order chi connectivity index (χ0) is 19.9. The van der Waals surface area contributed by atoms with Crippen LogP contribution in [-0.4, -0.2) is 25.1 Å². The Balaban J connectivity index is 1.78. The number of aromatic nitrogens is 1. The van der Waals surface area contributed by atoms with Gasteiger partial charge in [-0.05, 0) is 29.8 Å². The SMILES string of the molecule is COc1cc(OC)cc(C(=O)Nc2ccccc2CSc2ccncc2N)c1. The number of thioether (sulfide) groups is 1. The Labute approximate surface area is 168 Å². The van der Waals surface area contributed by atoms with E-state index in [1.54, 1.807) is 56.6 Å². The number of nitrogens with one attached hydrogen (secondary N) is 1. The van der Waals surface area contributed by atoms with Gasteiger partial charge in [-0.3, -0.25) is 9.78 Å². The summed E-state index contributed by atoms with van der Waals surface area (Å²) < 4.78 is 10.5. The van der Waals surface area contributed by atoms with Crippen molar-refractivity contribution in [2.45, 2.75) is 10.6 Å². The predicted molar refractivity (Wildman–Crippen MR) is 112 cm³/mol. The van der Waals surface area contributed by atoms with Crippen molar-refractivity contribution in [1.29, 1.82) is 0 Å². The number of ether oxygens (including phenoxy) is 2. The van der Waals surface area contributed by atoms with Gasteiger partial charge in [0.2, 0.25) is 0 Å². The van der Waals surface area contributed by atoms with Crippen LogP contribution in [0, 0.1) is 0 Å². The zero-order valence-electron chi connectivity index (χ0n) is 15.6. The van der Waals surface area contributed by atoms with Gasteiger partial charge in [0.25, 0.3) is 5.91 Å². The highest BCUT2D eigenvalue weighted by atomic mass is 32.2. The molecule has 7 heteroatoms. The summed E-state index contributed by atoms with van der Waals surface area (Å²) in [6.07, 6.45) is 3.34. The van der Waals surface area contributed by atoms with Crippen LogP contribution in [-0.2, 0) is 5.75 Å². The van der Waals surface area contributed by atoms with Gasteiger partial charge in [0.1, 0.15) is 11.5 Å². The van der Waals surface area contributed by atoms with E-state index < -0.39 is 0 Å². The number of hydrogen-bond donors (Lipinski definition) is 2. The fourth-order valence-corrected chi connectivity index (χ4v) is 3.52. The van der Waals surface area contributed by atoms with E-state index in [4.69, 9.17) is 15.2 Å². The van der Waals surface area contributed by atoms with Crippen molar-refractivity contribution in [3.8, 4) is 11.5 Å². The molecule has 6 nitrogen and oxygen atoms in total. The molecular weight excluding hydrogens is 374 g/mol. The summed E-state index contributed by atoms with van der Waals surface area (Å²) in [6, 6.07) is 14.6. The number of nitrogens with zero attached hydrogens (tertiary/aromatic N) is 1. The van der Waals surface area contributed by atoms with Crippen LogP contribution in [0.25, 0.3) is 0 Å². The van der Waals surface area contributed by atoms with Gasteiger partial charge in [0, 0.05) is 34.2 Å². The van der Waals surface area contributed by atoms with E-state index in [0.717, 1.165) is 16.1 Å². The van der Waals surface area contributed by atoms with Gasteiger partial charge in [0.05, 0.1) is 26.1 Å². The van der Waals surface area contributed by atoms with Crippen LogP contribution < -0.4 is 20.5 Å². The number of pyridine rings is 1. The largest absolute Gasteiger partial charge is 0.497 e. The van der Waals surface area contributed by atoms with Crippen LogP contribution in [0.4, 0.5) is 11.4 Å². The normalized spacial score (nSPS) is 10.4. The molecule has 1 aromatic heterocycles. The number of methoxy groups -OCH3 is 2. The molecule has 3 N–H and O–H groups in total. The first-order valence-corrected chi connectivity index (χ1v) is 9.54. The molecule has 0 unspecified atom stereocenters. The second-order valence-corrected chi connectivity index (χ2v) is 6.93. The first-order valence-electron chi connectivity index (χ1n) is 8.55. The van der Waals surface area contributed by atoms with Gasteiger partial charge in [-0.2, -0.15) is 0 Å². The second kappa shape index (κ2) is 9.14. The van der Waals surface area contributed by atoms with Gasteiger partial charge >= 0.3 is 0 Å². The number of anilines is 2. The quantitative estimate of drug-likeness (QED) is 0.583. The van der Waals surface area contributed by atoms with Crippen LogP contribution in [0.3, 0.4) is 0 Å². The molecule has 0 fully saturated rings. The molecule has 0 bridgehead atoms. The van der Waals surface area contributed by atoms with Crippen molar-refractivity contribution in [1.82, 2.24) is 4.98 Å². The molecule has 1 heterocycles. The molecule has 0 aliphatic carbocycles. The molecule has 28 heavy (non-hydrogen) atoms.